The van der Waals surface area contributed by atoms with Crippen LogP contribution in [0.2, 0.25) is 0 Å². The summed E-state index contributed by atoms with van der Waals surface area (Å²) < 4.78 is 29.6. The number of anilines is 1. The molecule has 1 heterocycles. The molecule has 0 spiro atoms. The van der Waals surface area contributed by atoms with E-state index in [4.69, 9.17) is 19.7 Å². The zero-order valence-electron chi connectivity index (χ0n) is 10.9. The first-order valence-corrected chi connectivity index (χ1v) is 5.78. The van der Waals surface area contributed by atoms with Crippen LogP contribution in [0.25, 0.3) is 11.3 Å². The van der Waals surface area contributed by atoms with E-state index in [1.807, 2.05) is 13.8 Å². The lowest BCUT2D eigenvalue weighted by Gasteiger charge is -2.14. The van der Waals surface area contributed by atoms with Crippen LogP contribution in [0.15, 0.2) is 22.7 Å². The van der Waals surface area contributed by atoms with E-state index < -0.39 is 5.82 Å². The highest BCUT2D eigenvalue weighted by Crippen LogP contribution is 2.36. The average molecular weight is 266 g/mol. The van der Waals surface area contributed by atoms with Crippen molar-refractivity contribution in [3.63, 3.8) is 0 Å². The third-order valence-corrected chi connectivity index (χ3v) is 2.41. The first kappa shape index (κ1) is 13.2. The Kier molecular flexibility index (Phi) is 3.59. The molecule has 0 radical (unpaired) electrons. The van der Waals surface area contributed by atoms with Crippen LogP contribution >= 0.6 is 0 Å². The number of rotatable bonds is 4. The summed E-state index contributed by atoms with van der Waals surface area (Å²) >= 11 is 0. The number of hydrogen-bond acceptors (Lipinski definition) is 5. The van der Waals surface area contributed by atoms with Crippen molar-refractivity contribution in [3.05, 3.63) is 24.0 Å². The van der Waals surface area contributed by atoms with Gasteiger partial charge in [0, 0.05) is 12.1 Å². The van der Waals surface area contributed by atoms with Crippen molar-refractivity contribution >= 4 is 5.82 Å². The van der Waals surface area contributed by atoms with Gasteiger partial charge in [-0.25, -0.2) is 4.39 Å². The molecule has 2 rings (SSSR count). The van der Waals surface area contributed by atoms with Crippen molar-refractivity contribution in [2.75, 3.05) is 12.8 Å². The maximum absolute atomic E-state index is 14.0. The molecule has 0 fully saturated rings. The second-order valence-electron chi connectivity index (χ2n) is 4.27. The molecule has 0 saturated carbocycles. The van der Waals surface area contributed by atoms with Gasteiger partial charge in [-0.2, -0.15) is 0 Å². The van der Waals surface area contributed by atoms with Crippen molar-refractivity contribution < 1.29 is 18.4 Å². The number of methoxy groups -OCH3 is 1. The summed E-state index contributed by atoms with van der Waals surface area (Å²) in [6, 6.07) is 4.20. The molecule has 0 unspecified atom stereocenters. The van der Waals surface area contributed by atoms with Crippen molar-refractivity contribution in [2.45, 2.75) is 20.0 Å². The molecule has 6 heteroatoms. The van der Waals surface area contributed by atoms with E-state index in [0.29, 0.717) is 11.5 Å². The maximum Gasteiger partial charge on any atom is 0.172 e. The van der Waals surface area contributed by atoms with Gasteiger partial charge in [0.2, 0.25) is 0 Å². The van der Waals surface area contributed by atoms with Gasteiger partial charge in [-0.15, -0.1) is 0 Å². The Bertz CT molecular complexity index is 581. The highest BCUT2D eigenvalue weighted by molar-refractivity contribution is 5.65. The van der Waals surface area contributed by atoms with Crippen LogP contribution in [-0.4, -0.2) is 18.4 Å². The zero-order valence-corrected chi connectivity index (χ0v) is 10.9. The number of hydrogen-bond donors (Lipinski definition) is 1. The lowest BCUT2D eigenvalue weighted by atomic mass is 10.1. The number of ether oxygens (including phenoxy) is 2. The van der Waals surface area contributed by atoms with Crippen LogP contribution < -0.4 is 15.2 Å². The minimum Gasteiger partial charge on any atom is -0.493 e. The second-order valence-corrected chi connectivity index (χ2v) is 4.27. The average Bonchev–Trinajstić information content (AvgIpc) is 2.77. The smallest absolute Gasteiger partial charge is 0.172 e. The number of nitrogens with two attached hydrogens (primary N) is 1. The Hall–Kier alpha value is -2.24. The lowest BCUT2D eigenvalue weighted by molar-refractivity contribution is 0.229. The van der Waals surface area contributed by atoms with Gasteiger partial charge in [-0.1, -0.05) is 5.16 Å². The van der Waals surface area contributed by atoms with Crippen molar-refractivity contribution in [2.24, 2.45) is 0 Å². The van der Waals surface area contributed by atoms with Crippen LogP contribution in [-0.2, 0) is 0 Å². The summed E-state index contributed by atoms with van der Waals surface area (Å²) in [4.78, 5) is 0. The summed E-state index contributed by atoms with van der Waals surface area (Å²) in [5.41, 5.74) is 5.68. The maximum atomic E-state index is 14.0. The number of halogens is 1. The fraction of sp³-hybridized carbons (Fsp3) is 0.308. The molecule has 2 aromatic rings. The monoisotopic (exact) mass is 266 g/mol. The predicted octanol–water partition coefficient (Wildman–Crippen LogP) is 2.86. The van der Waals surface area contributed by atoms with E-state index in [1.54, 1.807) is 0 Å². The SMILES string of the molecule is COc1cc(F)c(-c2cc(N)no2)cc1OC(C)C. The number of aromatic nitrogens is 1. The Morgan fingerprint density at radius 3 is 2.53 bits per heavy atom. The first-order chi connectivity index (χ1) is 9.01. The third-order valence-electron chi connectivity index (χ3n) is 2.41. The highest BCUT2D eigenvalue weighted by Gasteiger charge is 2.17. The van der Waals surface area contributed by atoms with Gasteiger partial charge >= 0.3 is 0 Å². The number of benzene rings is 1. The molecule has 5 nitrogen and oxygen atoms in total. The molecule has 102 valence electrons. The zero-order chi connectivity index (χ0) is 14.0. The van der Waals surface area contributed by atoms with E-state index in [-0.39, 0.29) is 23.2 Å². The Balaban J connectivity index is 2.49. The largest absolute Gasteiger partial charge is 0.493 e. The quantitative estimate of drug-likeness (QED) is 0.921. The molecule has 0 aliphatic rings. The molecular weight excluding hydrogens is 251 g/mol. The fourth-order valence-corrected chi connectivity index (χ4v) is 1.65. The second kappa shape index (κ2) is 5.17. The van der Waals surface area contributed by atoms with Crippen molar-refractivity contribution in [3.8, 4) is 22.8 Å². The summed E-state index contributed by atoms with van der Waals surface area (Å²) in [6.45, 7) is 3.74. The van der Waals surface area contributed by atoms with E-state index in [1.165, 1.54) is 25.3 Å². The molecule has 0 atom stereocenters. The molecule has 0 aliphatic heterocycles. The van der Waals surface area contributed by atoms with Crippen LogP contribution in [0, 0.1) is 5.82 Å². The van der Waals surface area contributed by atoms with Crippen LogP contribution in [0.5, 0.6) is 11.5 Å². The molecule has 19 heavy (non-hydrogen) atoms. The van der Waals surface area contributed by atoms with Crippen LogP contribution in [0.3, 0.4) is 0 Å². The fourth-order valence-electron chi connectivity index (χ4n) is 1.65. The summed E-state index contributed by atoms with van der Waals surface area (Å²) in [6.07, 6.45) is -0.0630. The topological polar surface area (TPSA) is 70.5 Å². The molecular formula is C13H15FN2O3. The summed E-state index contributed by atoms with van der Waals surface area (Å²) in [5.74, 6) is 0.693. The van der Waals surface area contributed by atoms with Gasteiger partial charge in [-0.3, -0.25) is 0 Å². The lowest BCUT2D eigenvalue weighted by Crippen LogP contribution is -2.07. The Morgan fingerprint density at radius 2 is 2.00 bits per heavy atom. The van der Waals surface area contributed by atoms with Gasteiger partial charge in [0.25, 0.3) is 0 Å². The van der Waals surface area contributed by atoms with Crippen LogP contribution in [0.1, 0.15) is 13.8 Å². The predicted molar refractivity (Wildman–Crippen MR) is 68.6 cm³/mol. The number of nitrogens with zero attached hydrogens (tertiary/aromatic N) is 1. The molecule has 1 aromatic carbocycles. The van der Waals surface area contributed by atoms with E-state index >= 15 is 0 Å². The molecule has 0 aliphatic carbocycles. The Labute approximate surface area is 110 Å². The van der Waals surface area contributed by atoms with Gasteiger partial charge in [-0.05, 0) is 19.9 Å². The van der Waals surface area contributed by atoms with E-state index in [0.717, 1.165) is 0 Å². The van der Waals surface area contributed by atoms with Gasteiger partial charge < -0.3 is 19.7 Å². The highest BCUT2D eigenvalue weighted by atomic mass is 19.1. The van der Waals surface area contributed by atoms with E-state index in [9.17, 15) is 4.39 Å². The number of nitrogen functional groups attached to an aromatic ring is 1. The summed E-state index contributed by atoms with van der Waals surface area (Å²) in [7, 11) is 1.45. The van der Waals surface area contributed by atoms with Crippen LogP contribution in [0.4, 0.5) is 10.2 Å². The molecule has 0 saturated heterocycles. The van der Waals surface area contributed by atoms with Crippen molar-refractivity contribution in [1.82, 2.24) is 5.16 Å². The van der Waals surface area contributed by atoms with Gasteiger partial charge in [0.05, 0.1) is 18.8 Å². The molecule has 2 N–H and O–H groups in total. The van der Waals surface area contributed by atoms with Gasteiger partial charge in [0.1, 0.15) is 5.82 Å². The standard InChI is InChI=1S/C13H15FN2O3/c1-7(2)18-12-4-8(9(14)5-11(12)17-3)10-6-13(15)16-19-10/h4-7H,1-3H3,(H2,15,16). The third kappa shape index (κ3) is 2.78. The normalized spacial score (nSPS) is 10.8. The Morgan fingerprint density at radius 1 is 1.26 bits per heavy atom. The summed E-state index contributed by atoms with van der Waals surface area (Å²) in [5, 5.41) is 3.53. The van der Waals surface area contributed by atoms with Gasteiger partial charge in [0.15, 0.2) is 23.1 Å². The molecule has 1 aromatic heterocycles. The van der Waals surface area contributed by atoms with E-state index in [2.05, 4.69) is 5.16 Å². The molecule has 0 bridgehead atoms. The first-order valence-electron chi connectivity index (χ1n) is 5.78. The van der Waals surface area contributed by atoms with Crippen molar-refractivity contribution in [1.29, 1.82) is 0 Å². The minimum atomic E-state index is -0.496. The minimum absolute atomic E-state index is 0.0630. The molecule has 0 amide bonds.